The zero-order valence-electron chi connectivity index (χ0n) is 15.4. The first-order chi connectivity index (χ1) is 13.5. The van der Waals surface area contributed by atoms with Crippen molar-refractivity contribution in [1.29, 1.82) is 0 Å². The van der Waals surface area contributed by atoms with Gasteiger partial charge in [0, 0.05) is 25.7 Å². The van der Waals surface area contributed by atoms with Crippen molar-refractivity contribution in [3.05, 3.63) is 52.2 Å². The first-order valence-corrected chi connectivity index (χ1v) is 10.2. The van der Waals surface area contributed by atoms with E-state index in [1.54, 1.807) is 16.2 Å². The lowest BCUT2D eigenvalue weighted by molar-refractivity contribution is -0.120. The maximum atomic E-state index is 13.7. The highest BCUT2D eigenvalue weighted by molar-refractivity contribution is 7.08. The van der Waals surface area contributed by atoms with Gasteiger partial charge in [0.1, 0.15) is 11.6 Å². The minimum Gasteiger partial charge on any atom is -0.356 e. The van der Waals surface area contributed by atoms with Gasteiger partial charge in [0.15, 0.2) is 0 Å². The van der Waals surface area contributed by atoms with Gasteiger partial charge in [-0.2, -0.15) is 11.3 Å². The van der Waals surface area contributed by atoms with Gasteiger partial charge in [0.2, 0.25) is 5.91 Å². The number of likely N-dealkylation sites (tertiary alicyclic amines) is 1. The molecule has 1 fully saturated rings. The summed E-state index contributed by atoms with van der Waals surface area (Å²) in [6.07, 6.45) is 2.94. The number of thiophene rings is 1. The van der Waals surface area contributed by atoms with Crippen molar-refractivity contribution in [2.24, 2.45) is 5.92 Å². The van der Waals surface area contributed by atoms with Crippen LogP contribution in [0.2, 0.25) is 0 Å². The first-order valence-electron chi connectivity index (χ1n) is 9.30. The van der Waals surface area contributed by atoms with Crippen LogP contribution in [-0.2, 0) is 11.2 Å². The van der Waals surface area contributed by atoms with Crippen LogP contribution < -0.4 is 10.6 Å². The van der Waals surface area contributed by atoms with Crippen LogP contribution in [0.3, 0.4) is 0 Å². The van der Waals surface area contributed by atoms with Gasteiger partial charge in [-0.1, -0.05) is 0 Å². The minimum atomic E-state index is -0.790. The van der Waals surface area contributed by atoms with Gasteiger partial charge in [0.25, 0.3) is 0 Å². The number of benzene rings is 1. The smallest absolute Gasteiger partial charge is 0.321 e. The molecule has 2 heterocycles. The molecule has 1 aliphatic rings. The fourth-order valence-corrected chi connectivity index (χ4v) is 3.94. The summed E-state index contributed by atoms with van der Waals surface area (Å²) in [5.41, 5.74) is 1.00. The molecule has 8 heteroatoms. The quantitative estimate of drug-likeness (QED) is 0.760. The van der Waals surface area contributed by atoms with E-state index in [-0.39, 0.29) is 17.6 Å². The average Bonchev–Trinajstić information content (AvgIpc) is 3.17. The Morgan fingerprint density at radius 3 is 2.64 bits per heavy atom. The molecule has 0 unspecified atom stereocenters. The maximum Gasteiger partial charge on any atom is 0.321 e. The van der Waals surface area contributed by atoms with E-state index in [1.807, 2.05) is 16.8 Å². The molecule has 0 spiro atoms. The number of nitrogens with zero attached hydrogens (tertiary/aromatic N) is 1. The Bertz CT molecular complexity index is 806. The summed E-state index contributed by atoms with van der Waals surface area (Å²) in [4.78, 5) is 25.8. The molecule has 28 heavy (non-hydrogen) atoms. The van der Waals surface area contributed by atoms with Gasteiger partial charge in [-0.15, -0.1) is 0 Å². The van der Waals surface area contributed by atoms with Crippen LogP contribution in [0.1, 0.15) is 24.8 Å². The molecule has 2 aromatic rings. The lowest BCUT2D eigenvalue weighted by Crippen LogP contribution is -2.41. The van der Waals surface area contributed by atoms with Crippen LogP contribution in [0.15, 0.2) is 35.0 Å². The molecule has 1 aromatic heterocycles. The van der Waals surface area contributed by atoms with Gasteiger partial charge >= 0.3 is 6.03 Å². The Balaban J connectivity index is 1.35. The fourth-order valence-electron chi connectivity index (χ4n) is 3.27. The monoisotopic (exact) mass is 407 g/mol. The number of halogens is 2. The number of carbonyl (C=O) groups is 2. The predicted octanol–water partition coefficient (Wildman–Crippen LogP) is 4.02. The average molecular weight is 407 g/mol. The predicted molar refractivity (Wildman–Crippen MR) is 105 cm³/mol. The van der Waals surface area contributed by atoms with Crippen molar-refractivity contribution in [1.82, 2.24) is 10.2 Å². The summed E-state index contributed by atoms with van der Waals surface area (Å²) in [7, 11) is 0. The fraction of sp³-hybridized carbons (Fsp3) is 0.400. The normalized spacial score (nSPS) is 14.7. The van der Waals surface area contributed by atoms with Gasteiger partial charge < -0.3 is 15.5 Å². The van der Waals surface area contributed by atoms with Crippen molar-refractivity contribution in [3.8, 4) is 0 Å². The first kappa shape index (κ1) is 20.3. The summed E-state index contributed by atoms with van der Waals surface area (Å²) >= 11 is 1.58. The molecule has 0 saturated carbocycles. The van der Waals surface area contributed by atoms with Gasteiger partial charge in [-0.05, 0) is 59.7 Å². The topological polar surface area (TPSA) is 61.4 Å². The standard InChI is InChI=1S/C20H23F2N3O2S/c21-16-1-2-18(17(22)12-16)24-20(27)25-8-4-14(5-9-25)3-7-23-19(26)11-15-6-10-28-13-15/h1-2,6,10,12-14H,3-5,7-9,11H2,(H,23,26)(H,24,27). The molecule has 3 amide bonds. The van der Waals surface area contributed by atoms with Crippen molar-refractivity contribution >= 4 is 29.0 Å². The minimum absolute atomic E-state index is 0.0246. The SMILES string of the molecule is O=C(Cc1ccsc1)NCCC1CCN(C(=O)Nc2ccc(F)cc2F)CC1. The van der Waals surface area contributed by atoms with Crippen molar-refractivity contribution in [2.45, 2.75) is 25.7 Å². The van der Waals surface area contributed by atoms with Crippen molar-refractivity contribution < 1.29 is 18.4 Å². The van der Waals surface area contributed by atoms with Gasteiger partial charge in [-0.25, -0.2) is 13.6 Å². The highest BCUT2D eigenvalue weighted by Gasteiger charge is 2.23. The molecule has 0 aliphatic carbocycles. The molecule has 0 bridgehead atoms. The lowest BCUT2D eigenvalue weighted by Gasteiger charge is -2.32. The van der Waals surface area contributed by atoms with Crippen LogP contribution in [0.5, 0.6) is 0 Å². The number of rotatable bonds is 6. The second kappa shape index (κ2) is 9.64. The number of hydrogen-bond acceptors (Lipinski definition) is 3. The van der Waals surface area contributed by atoms with E-state index >= 15 is 0 Å². The van der Waals surface area contributed by atoms with E-state index < -0.39 is 11.6 Å². The summed E-state index contributed by atoms with van der Waals surface area (Å²) in [5, 5.41) is 9.36. The zero-order chi connectivity index (χ0) is 19.9. The molecular formula is C20H23F2N3O2S. The highest BCUT2D eigenvalue weighted by atomic mass is 32.1. The lowest BCUT2D eigenvalue weighted by atomic mass is 9.93. The molecule has 5 nitrogen and oxygen atoms in total. The molecule has 1 aromatic carbocycles. The largest absolute Gasteiger partial charge is 0.356 e. The highest BCUT2D eigenvalue weighted by Crippen LogP contribution is 2.22. The molecule has 1 saturated heterocycles. The Kier molecular flexibility index (Phi) is 6.97. The third-order valence-corrected chi connectivity index (χ3v) is 5.63. The second-order valence-corrected chi connectivity index (χ2v) is 7.71. The van der Waals surface area contributed by atoms with E-state index in [4.69, 9.17) is 0 Å². The van der Waals surface area contributed by atoms with E-state index in [1.165, 1.54) is 6.07 Å². The summed E-state index contributed by atoms with van der Waals surface area (Å²) < 4.78 is 26.6. The van der Waals surface area contributed by atoms with E-state index in [2.05, 4.69) is 10.6 Å². The van der Waals surface area contributed by atoms with E-state index in [0.717, 1.165) is 37.0 Å². The van der Waals surface area contributed by atoms with Gasteiger partial charge in [-0.3, -0.25) is 4.79 Å². The Hall–Kier alpha value is -2.48. The number of nitrogens with one attached hydrogen (secondary N) is 2. The molecule has 1 aliphatic heterocycles. The van der Waals surface area contributed by atoms with E-state index in [9.17, 15) is 18.4 Å². The Labute approximate surface area is 166 Å². The third-order valence-electron chi connectivity index (χ3n) is 4.89. The molecule has 3 rings (SSSR count). The van der Waals surface area contributed by atoms with Crippen LogP contribution in [0.4, 0.5) is 19.3 Å². The number of urea groups is 1. The van der Waals surface area contributed by atoms with Crippen LogP contribution in [0, 0.1) is 17.6 Å². The molecule has 150 valence electrons. The summed E-state index contributed by atoms with van der Waals surface area (Å²) in [5.74, 6) is -1.01. The zero-order valence-corrected chi connectivity index (χ0v) is 16.2. The number of piperidine rings is 1. The van der Waals surface area contributed by atoms with Crippen LogP contribution in [-0.4, -0.2) is 36.5 Å². The van der Waals surface area contributed by atoms with Crippen LogP contribution >= 0.6 is 11.3 Å². The Morgan fingerprint density at radius 1 is 1.18 bits per heavy atom. The number of amides is 3. The maximum absolute atomic E-state index is 13.7. The number of carbonyl (C=O) groups excluding carboxylic acids is 2. The Morgan fingerprint density at radius 2 is 1.96 bits per heavy atom. The van der Waals surface area contributed by atoms with Crippen molar-refractivity contribution in [3.63, 3.8) is 0 Å². The second-order valence-electron chi connectivity index (χ2n) is 6.93. The van der Waals surface area contributed by atoms with E-state index in [0.29, 0.717) is 32.0 Å². The van der Waals surface area contributed by atoms with Gasteiger partial charge in [0.05, 0.1) is 12.1 Å². The molecular weight excluding hydrogens is 384 g/mol. The summed E-state index contributed by atoms with van der Waals surface area (Å²) in [6, 6.07) is 4.64. The van der Waals surface area contributed by atoms with Crippen molar-refractivity contribution in [2.75, 3.05) is 25.0 Å². The molecule has 2 N–H and O–H groups in total. The van der Waals surface area contributed by atoms with Crippen LogP contribution in [0.25, 0.3) is 0 Å². The summed E-state index contributed by atoms with van der Waals surface area (Å²) in [6.45, 7) is 1.77. The number of hydrogen-bond donors (Lipinski definition) is 2. The molecule has 0 atom stereocenters. The third kappa shape index (κ3) is 5.76. The molecule has 0 radical (unpaired) electrons. The number of anilines is 1.